The molecule has 0 saturated heterocycles. The predicted octanol–water partition coefficient (Wildman–Crippen LogP) is 12.5. The van der Waals surface area contributed by atoms with Gasteiger partial charge >= 0.3 is 11.9 Å². The lowest BCUT2D eigenvalue weighted by atomic mass is 9.82. The van der Waals surface area contributed by atoms with Gasteiger partial charge in [-0.05, 0) is 96.5 Å². The van der Waals surface area contributed by atoms with Crippen LogP contribution in [0.5, 0.6) is 0 Å². The molecule has 7 rings (SSSR count). The molecule has 0 spiro atoms. The number of hydrogen-bond acceptors (Lipinski definition) is 8. The van der Waals surface area contributed by atoms with Gasteiger partial charge in [0.25, 0.3) is 0 Å². The first kappa shape index (κ1) is 42.5. The Labute approximate surface area is 353 Å². The van der Waals surface area contributed by atoms with Crippen molar-refractivity contribution >= 4 is 69.8 Å². The molecule has 0 heterocycles. The number of benzene rings is 6. The van der Waals surface area contributed by atoms with Crippen LogP contribution in [0.1, 0.15) is 110 Å². The number of fused-ring (bicyclic) bond motifs is 2. The highest BCUT2D eigenvalue weighted by Gasteiger charge is 2.36. The topological polar surface area (TPSA) is 133 Å². The largest absolute Gasteiger partial charge is 0.478 e. The molecule has 0 aromatic heterocycles. The summed E-state index contributed by atoms with van der Waals surface area (Å²) in [6.45, 7) is 8.32. The molecule has 6 aromatic carbocycles. The summed E-state index contributed by atoms with van der Waals surface area (Å²) >= 11 is 2.30. The summed E-state index contributed by atoms with van der Waals surface area (Å²) in [6, 6.07) is 32.4. The van der Waals surface area contributed by atoms with E-state index < -0.39 is 11.9 Å². The zero-order chi connectivity index (χ0) is 41.1. The number of carboxylic acid groups (broad SMARTS) is 2. The first-order valence-corrected chi connectivity index (χ1v) is 20.9. The molecule has 59 heavy (non-hydrogen) atoms. The number of aromatic carboxylic acids is 2. The summed E-state index contributed by atoms with van der Waals surface area (Å²) in [5.74, 6) is -2.95. The normalized spacial score (nSPS) is 11.7. The lowest BCUT2D eigenvalue weighted by molar-refractivity contribution is 0.0682. The highest BCUT2D eigenvalue weighted by Crippen LogP contribution is 2.46. The highest BCUT2D eigenvalue weighted by molar-refractivity contribution is 8.02. The third-order valence-corrected chi connectivity index (χ3v) is 12.8. The maximum atomic E-state index is 15.2. The van der Waals surface area contributed by atoms with E-state index in [1.807, 2.05) is 24.3 Å². The Balaban J connectivity index is 0.00000585. The molecule has 0 amide bonds. The molecule has 4 N–H and O–H groups in total. The van der Waals surface area contributed by atoms with Crippen LogP contribution in [0.15, 0.2) is 129 Å². The molecule has 0 fully saturated rings. The second kappa shape index (κ2) is 18.2. The van der Waals surface area contributed by atoms with Crippen LogP contribution in [0.25, 0.3) is 0 Å². The van der Waals surface area contributed by atoms with Gasteiger partial charge in [-0.2, -0.15) is 0 Å². The molecule has 0 saturated carbocycles. The molecule has 300 valence electrons. The van der Waals surface area contributed by atoms with Gasteiger partial charge in [0.2, 0.25) is 0 Å². The van der Waals surface area contributed by atoms with Crippen LogP contribution in [-0.4, -0.2) is 33.7 Å². The number of anilines is 4. The molecule has 0 radical (unpaired) electrons. The maximum Gasteiger partial charge on any atom is 0.336 e. The molecule has 6 aromatic rings. The van der Waals surface area contributed by atoms with Crippen molar-refractivity contribution in [1.82, 2.24) is 0 Å². The minimum atomic E-state index is -1.11. The first-order valence-electron chi connectivity index (χ1n) is 19.3. The Morgan fingerprint density at radius 2 is 0.831 bits per heavy atom. The van der Waals surface area contributed by atoms with Gasteiger partial charge in [-0.25, -0.2) is 9.59 Å². The number of carbonyl (C=O) groups is 4. The number of hydrogen-bond donors (Lipinski definition) is 4. The SMILES string of the molecule is C.CCc1cccc(CC)c1Nc1ccc(Nc2c(CC)cccc2CC)c2c1C(=O)c1cc(Sc3ccccc3C(=O)O)c(Sc3ccccc3C(=O)O)cc1C2=O. The second-order valence-corrected chi connectivity index (χ2v) is 16.0. The molecule has 0 atom stereocenters. The highest BCUT2D eigenvalue weighted by atomic mass is 32.2. The summed E-state index contributed by atoms with van der Waals surface area (Å²) in [6.07, 6.45) is 3.02. The molecular formula is C49H46N2O6S2. The minimum absolute atomic E-state index is 0. The van der Waals surface area contributed by atoms with E-state index in [4.69, 9.17) is 0 Å². The number of para-hydroxylation sites is 2. The van der Waals surface area contributed by atoms with Crippen LogP contribution >= 0.6 is 23.5 Å². The Kier molecular flexibility index (Phi) is 13.1. The lowest BCUT2D eigenvalue weighted by Crippen LogP contribution is -2.24. The fourth-order valence-electron chi connectivity index (χ4n) is 7.42. The Morgan fingerprint density at radius 3 is 1.15 bits per heavy atom. The Morgan fingerprint density at radius 1 is 0.492 bits per heavy atom. The quantitative estimate of drug-likeness (QED) is 0.0840. The number of carboxylic acids is 2. The monoisotopic (exact) mass is 822 g/mol. The summed E-state index contributed by atoms with van der Waals surface area (Å²) < 4.78 is 0. The van der Waals surface area contributed by atoms with Crippen LogP contribution in [0.4, 0.5) is 22.7 Å². The standard InChI is InChI=1S/C48H42N2O6S2.CH4/c1-5-27-15-13-16-28(6-2)43(27)49-35-23-24-36(50-44-29(7-3)17-14-18-30(44)8-4)42-41(35)45(51)33-25-39(57-37-21-11-9-19-31(37)47(53)54)40(26-34(33)46(42)52)58-38-22-12-10-20-32(38)48(55)56;/h9-26,49-50H,5-8H2,1-4H3,(H,53,54)(H,55,56);1H4. The van der Waals surface area contributed by atoms with Gasteiger partial charge in [0.1, 0.15) is 0 Å². The van der Waals surface area contributed by atoms with Crippen molar-refractivity contribution in [3.05, 3.63) is 165 Å². The Hall–Kier alpha value is -6.10. The van der Waals surface area contributed by atoms with E-state index >= 15 is 9.59 Å². The molecule has 8 nitrogen and oxygen atoms in total. The summed E-state index contributed by atoms with van der Waals surface area (Å²) in [5, 5.41) is 27.3. The van der Waals surface area contributed by atoms with Gasteiger partial charge < -0.3 is 20.8 Å². The number of carbonyl (C=O) groups excluding carboxylic acids is 2. The van der Waals surface area contributed by atoms with Crippen molar-refractivity contribution in [3.63, 3.8) is 0 Å². The van der Waals surface area contributed by atoms with Gasteiger partial charge in [-0.1, -0.05) is 119 Å². The van der Waals surface area contributed by atoms with E-state index in [0.29, 0.717) is 31.0 Å². The lowest BCUT2D eigenvalue weighted by Gasteiger charge is -2.27. The van der Waals surface area contributed by atoms with Crippen LogP contribution in [0.3, 0.4) is 0 Å². The average Bonchev–Trinajstić information content (AvgIpc) is 3.23. The zero-order valence-corrected chi connectivity index (χ0v) is 34.2. The molecular weight excluding hydrogens is 777 g/mol. The average molecular weight is 823 g/mol. The van der Waals surface area contributed by atoms with Gasteiger partial charge in [0.15, 0.2) is 11.6 Å². The van der Waals surface area contributed by atoms with Crippen LogP contribution in [0, 0.1) is 0 Å². The summed E-state index contributed by atoms with van der Waals surface area (Å²) in [7, 11) is 0. The first-order chi connectivity index (χ1) is 28.1. The van der Waals surface area contributed by atoms with Crippen molar-refractivity contribution in [2.45, 2.75) is 80.4 Å². The molecule has 0 bridgehead atoms. The summed E-state index contributed by atoms with van der Waals surface area (Å²) in [5.41, 5.74) is 8.07. The fourth-order valence-corrected chi connectivity index (χ4v) is 9.64. The second-order valence-electron chi connectivity index (χ2n) is 13.8. The third-order valence-electron chi connectivity index (χ3n) is 10.4. The van der Waals surface area contributed by atoms with E-state index in [1.54, 1.807) is 48.5 Å². The number of ketones is 2. The molecule has 0 aliphatic heterocycles. The van der Waals surface area contributed by atoms with Crippen molar-refractivity contribution in [2.75, 3.05) is 10.6 Å². The van der Waals surface area contributed by atoms with E-state index in [0.717, 1.165) is 82.8 Å². The van der Waals surface area contributed by atoms with Gasteiger partial charge in [-0.3, -0.25) is 9.59 Å². The molecule has 1 aliphatic rings. The van der Waals surface area contributed by atoms with E-state index in [2.05, 4.69) is 62.6 Å². The molecule has 10 heteroatoms. The van der Waals surface area contributed by atoms with Crippen LogP contribution in [0.2, 0.25) is 0 Å². The van der Waals surface area contributed by atoms with Crippen molar-refractivity contribution in [2.24, 2.45) is 0 Å². The molecule has 1 aliphatic carbocycles. The van der Waals surface area contributed by atoms with Gasteiger partial charge in [0.05, 0.1) is 33.6 Å². The van der Waals surface area contributed by atoms with E-state index in [1.165, 1.54) is 12.1 Å². The third kappa shape index (κ3) is 8.28. The van der Waals surface area contributed by atoms with E-state index in [-0.39, 0.29) is 52.4 Å². The fraction of sp³-hybridized carbons (Fsp3) is 0.184. The van der Waals surface area contributed by atoms with Crippen LogP contribution < -0.4 is 10.6 Å². The number of nitrogens with one attached hydrogen (secondary N) is 2. The number of rotatable bonds is 14. The Bertz CT molecular complexity index is 2410. The van der Waals surface area contributed by atoms with Crippen molar-refractivity contribution in [1.29, 1.82) is 0 Å². The van der Waals surface area contributed by atoms with Crippen molar-refractivity contribution < 1.29 is 29.4 Å². The summed E-state index contributed by atoms with van der Waals surface area (Å²) in [4.78, 5) is 56.9. The minimum Gasteiger partial charge on any atom is -0.478 e. The number of aryl methyl sites for hydroxylation is 4. The molecule has 0 unspecified atom stereocenters. The maximum absolute atomic E-state index is 15.2. The van der Waals surface area contributed by atoms with Crippen molar-refractivity contribution in [3.8, 4) is 0 Å². The predicted molar refractivity (Wildman–Crippen MR) is 238 cm³/mol. The zero-order valence-electron chi connectivity index (χ0n) is 32.6. The van der Waals surface area contributed by atoms with Gasteiger partial charge in [0, 0.05) is 42.1 Å². The van der Waals surface area contributed by atoms with E-state index in [9.17, 15) is 19.8 Å². The van der Waals surface area contributed by atoms with Gasteiger partial charge in [-0.15, -0.1) is 0 Å². The smallest absolute Gasteiger partial charge is 0.336 e. The van der Waals surface area contributed by atoms with Crippen LogP contribution in [-0.2, 0) is 25.7 Å².